The van der Waals surface area contributed by atoms with Crippen LogP contribution in [0.3, 0.4) is 0 Å². The molecule has 5 atom stereocenters. The highest BCUT2D eigenvalue weighted by molar-refractivity contribution is 5.69. The van der Waals surface area contributed by atoms with E-state index in [-0.39, 0.29) is 23.6 Å². The first kappa shape index (κ1) is 35.2. The fraction of sp³-hybridized carbons (Fsp3) is 0.433. The molecule has 0 aliphatic carbocycles. The quantitative estimate of drug-likeness (QED) is 0.113. The molecule has 0 spiro atoms. The number of ether oxygens (including phenoxy) is 8. The van der Waals surface area contributed by atoms with E-state index in [0.29, 0.717) is 16.7 Å². The number of rotatable bonds is 11. The van der Waals surface area contributed by atoms with Crippen LogP contribution in [0.1, 0.15) is 44.4 Å². The lowest BCUT2D eigenvalue weighted by Gasteiger charge is -2.44. The van der Waals surface area contributed by atoms with E-state index in [1.807, 2.05) is 0 Å². The normalized spacial score (nSPS) is 20.4. The van der Waals surface area contributed by atoms with Crippen LogP contribution in [-0.4, -0.2) is 79.4 Å². The second-order valence-electron chi connectivity index (χ2n) is 10.1. The molecule has 16 heteroatoms. The zero-order valence-corrected chi connectivity index (χ0v) is 25.8. The molecule has 2 aromatic carbocycles. The van der Waals surface area contributed by atoms with Crippen molar-refractivity contribution in [2.75, 3.05) is 13.7 Å². The van der Waals surface area contributed by atoms with E-state index in [1.165, 1.54) is 24.3 Å². The number of aryl methyl sites for hydroxylation is 1. The molecule has 1 aliphatic heterocycles. The fourth-order valence-corrected chi connectivity index (χ4v) is 4.63. The van der Waals surface area contributed by atoms with Crippen molar-refractivity contribution in [3.8, 4) is 11.5 Å². The summed E-state index contributed by atoms with van der Waals surface area (Å²) in [4.78, 5) is 70.6. The van der Waals surface area contributed by atoms with E-state index in [4.69, 9.17) is 33.2 Å². The van der Waals surface area contributed by atoms with Gasteiger partial charge in [0.25, 0.3) is 5.69 Å². The number of nitrogens with zero attached hydrogens (tertiary/aromatic N) is 1. The van der Waals surface area contributed by atoms with Crippen molar-refractivity contribution >= 4 is 35.7 Å². The molecule has 0 bridgehead atoms. The second-order valence-corrected chi connectivity index (χ2v) is 10.1. The predicted molar refractivity (Wildman–Crippen MR) is 153 cm³/mol. The molecule has 46 heavy (non-hydrogen) atoms. The Morgan fingerprint density at radius 2 is 1.43 bits per heavy atom. The molecule has 1 aliphatic rings. The Hall–Kier alpha value is -5.25. The molecule has 0 aromatic heterocycles. The van der Waals surface area contributed by atoms with Gasteiger partial charge in [-0.2, -0.15) is 0 Å². The number of methoxy groups -OCH3 is 1. The van der Waals surface area contributed by atoms with Gasteiger partial charge in [0, 0.05) is 57.9 Å². The van der Waals surface area contributed by atoms with Gasteiger partial charge in [0.2, 0.25) is 12.4 Å². The molecular weight excluding hydrogens is 614 g/mol. The van der Waals surface area contributed by atoms with E-state index in [1.54, 1.807) is 19.1 Å². The van der Waals surface area contributed by atoms with Gasteiger partial charge < -0.3 is 37.9 Å². The first-order valence-corrected chi connectivity index (χ1v) is 13.8. The SMILES string of the molecule is COC(=O)Oc1cc(C)c(Cc2ccc([N+](=O)[O-])cc2)c(O[C@H]2O[C@H](COC(C)=O)[C@@H](OC(C)=O)[C@H](OC(C)=O)[C@H]2OC(C)=O)c1. The maximum atomic E-state index is 12.2. The van der Waals surface area contributed by atoms with Gasteiger partial charge in [-0.15, -0.1) is 0 Å². The average Bonchev–Trinajstić information content (AvgIpc) is 2.96. The van der Waals surface area contributed by atoms with Gasteiger partial charge in [-0.05, 0) is 24.1 Å². The van der Waals surface area contributed by atoms with Crippen LogP contribution >= 0.6 is 0 Å². The number of hydrogen-bond acceptors (Lipinski definition) is 15. The van der Waals surface area contributed by atoms with Gasteiger partial charge in [-0.1, -0.05) is 12.1 Å². The summed E-state index contributed by atoms with van der Waals surface area (Å²) in [5.74, 6) is -3.11. The zero-order valence-electron chi connectivity index (χ0n) is 25.8. The molecule has 0 N–H and O–H groups in total. The number of carbonyl (C=O) groups is 5. The van der Waals surface area contributed by atoms with Crippen molar-refractivity contribution in [2.24, 2.45) is 0 Å². The summed E-state index contributed by atoms with van der Waals surface area (Å²) >= 11 is 0. The van der Waals surface area contributed by atoms with Crippen LogP contribution in [0.25, 0.3) is 0 Å². The summed E-state index contributed by atoms with van der Waals surface area (Å²) in [6.45, 7) is 5.62. The summed E-state index contributed by atoms with van der Waals surface area (Å²) in [6.07, 6.45) is -8.15. The number of esters is 4. The maximum Gasteiger partial charge on any atom is 0.513 e. The molecule has 0 amide bonds. The highest BCUT2D eigenvalue weighted by Crippen LogP contribution is 2.36. The maximum absolute atomic E-state index is 12.2. The van der Waals surface area contributed by atoms with E-state index in [9.17, 15) is 34.1 Å². The Kier molecular flexibility index (Phi) is 12.0. The lowest BCUT2D eigenvalue weighted by molar-refractivity contribution is -0.384. The third-order valence-corrected chi connectivity index (χ3v) is 6.49. The number of nitro benzene ring substituents is 1. The van der Waals surface area contributed by atoms with Gasteiger partial charge in [-0.25, -0.2) is 4.79 Å². The molecule has 0 radical (unpaired) electrons. The Bertz CT molecular complexity index is 1470. The van der Waals surface area contributed by atoms with Crippen molar-refractivity contribution < 1.29 is 66.8 Å². The minimum absolute atomic E-state index is 0.00238. The summed E-state index contributed by atoms with van der Waals surface area (Å²) in [7, 11) is 1.12. The number of non-ortho nitro benzene ring substituents is 1. The molecule has 1 heterocycles. The Labute approximate surface area is 262 Å². The van der Waals surface area contributed by atoms with Crippen molar-refractivity contribution in [3.63, 3.8) is 0 Å². The topological polar surface area (TPSA) is 202 Å². The van der Waals surface area contributed by atoms with Gasteiger partial charge >= 0.3 is 30.0 Å². The van der Waals surface area contributed by atoms with Crippen molar-refractivity contribution in [2.45, 2.75) is 71.7 Å². The standard InChI is InChI=1S/C30H33NO15/c1-15-11-22(44-30(36)39-6)13-24(23(15)12-20-7-9-21(10-8-20)31(37)38)45-29-28(43-19(5)35)27(42-18(4)34)26(41-17(3)33)25(46-29)14-40-16(2)32/h7-11,13,25-29H,12,14H2,1-6H3/t25-,26-,27+,28-,29+/m1/s1. The molecule has 248 valence electrons. The minimum atomic E-state index is -1.58. The summed E-state index contributed by atoms with van der Waals surface area (Å²) in [5, 5.41) is 11.1. The minimum Gasteiger partial charge on any atom is -0.463 e. The molecule has 1 fully saturated rings. The van der Waals surface area contributed by atoms with Crippen molar-refractivity contribution in [1.82, 2.24) is 0 Å². The molecule has 2 aromatic rings. The van der Waals surface area contributed by atoms with Crippen LogP contribution in [0.5, 0.6) is 11.5 Å². The lowest BCUT2D eigenvalue weighted by atomic mass is 9.97. The van der Waals surface area contributed by atoms with Crippen LogP contribution in [0.15, 0.2) is 36.4 Å². The third kappa shape index (κ3) is 9.62. The first-order valence-electron chi connectivity index (χ1n) is 13.8. The van der Waals surface area contributed by atoms with E-state index in [0.717, 1.165) is 34.8 Å². The van der Waals surface area contributed by atoms with Crippen molar-refractivity contribution in [3.05, 3.63) is 63.2 Å². The lowest BCUT2D eigenvalue weighted by Crippen LogP contribution is -2.63. The predicted octanol–water partition coefficient (Wildman–Crippen LogP) is 3.10. The molecule has 3 rings (SSSR count). The fourth-order valence-electron chi connectivity index (χ4n) is 4.63. The number of carbonyl (C=O) groups excluding carboxylic acids is 5. The molecule has 1 saturated heterocycles. The number of benzene rings is 2. The average molecular weight is 648 g/mol. The summed E-state index contributed by atoms with van der Waals surface area (Å²) < 4.78 is 43.5. The summed E-state index contributed by atoms with van der Waals surface area (Å²) in [6, 6.07) is 8.62. The third-order valence-electron chi connectivity index (χ3n) is 6.49. The van der Waals surface area contributed by atoms with Crippen molar-refractivity contribution in [1.29, 1.82) is 0 Å². The number of nitro groups is 1. The smallest absolute Gasteiger partial charge is 0.463 e. The van der Waals surface area contributed by atoms with Crippen LogP contribution in [0.4, 0.5) is 10.5 Å². The Morgan fingerprint density at radius 1 is 0.848 bits per heavy atom. The van der Waals surface area contributed by atoms with Crippen LogP contribution < -0.4 is 9.47 Å². The summed E-state index contributed by atoms with van der Waals surface area (Å²) in [5.41, 5.74) is 1.57. The van der Waals surface area contributed by atoms with E-state index < -0.39 is 72.3 Å². The molecule has 0 saturated carbocycles. The Morgan fingerprint density at radius 3 is 1.98 bits per heavy atom. The highest BCUT2D eigenvalue weighted by Gasteiger charge is 2.53. The number of hydrogen-bond donors (Lipinski definition) is 0. The van der Waals surface area contributed by atoms with Crippen LogP contribution in [0.2, 0.25) is 0 Å². The Balaban J connectivity index is 2.14. The first-order chi connectivity index (χ1) is 21.7. The van der Waals surface area contributed by atoms with Gasteiger partial charge in [0.1, 0.15) is 24.2 Å². The second kappa shape index (κ2) is 15.7. The largest absolute Gasteiger partial charge is 0.513 e. The van der Waals surface area contributed by atoms with Crippen LogP contribution in [0, 0.1) is 17.0 Å². The van der Waals surface area contributed by atoms with E-state index >= 15 is 0 Å². The zero-order chi connectivity index (χ0) is 34.1. The molecular formula is C30H33NO15. The van der Waals surface area contributed by atoms with Gasteiger partial charge in [0.05, 0.1) is 12.0 Å². The van der Waals surface area contributed by atoms with E-state index in [2.05, 4.69) is 4.74 Å². The van der Waals surface area contributed by atoms with Crippen LogP contribution in [-0.2, 0) is 54.0 Å². The molecule has 16 nitrogen and oxygen atoms in total. The van der Waals surface area contributed by atoms with Gasteiger partial charge in [0.15, 0.2) is 12.2 Å². The van der Waals surface area contributed by atoms with Gasteiger partial charge in [-0.3, -0.25) is 29.3 Å². The molecule has 0 unspecified atom stereocenters. The highest BCUT2D eigenvalue weighted by atomic mass is 16.7. The monoisotopic (exact) mass is 647 g/mol.